The zero-order valence-corrected chi connectivity index (χ0v) is 25.0. The summed E-state index contributed by atoms with van der Waals surface area (Å²) in [5, 5.41) is 10.1. The lowest BCUT2D eigenvalue weighted by Crippen LogP contribution is -2.53. The summed E-state index contributed by atoms with van der Waals surface area (Å²) in [6.45, 7) is 2.59. The maximum absolute atomic E-state index is 12.3. The average molecular weight is 592 g/mol. The summed E-state index contributed by atoms with van der Waals surface area (Å²) in [4.78, 5) is 28.0. The van der Waals surface area contributed by atoms with Gasteiger partial charge in [0.15, 0.2) is 0 Å². The molecule has 1 saturated heterocycles. The fourth-order valence-corrected chi connectivity index (χ4v) is 6.32. The van der Waals surface area contributed by atoms with E-state index in [1.54, 1.807) is 23.1 Å². The molecule has 4 aromatic rings. The Morgan fingerprint density at radius 1 is 0.886 bits per heavy atom. The lowest BCUT2D eigenvalue weighted by molar-refractivity contribution is 0.0578. The van der Waals surface area contributed by atoms with Gasteiger partial charge in [0.2, 0.25) is 5.91 Å². The Labute approximate surface area is 259 Å². The van der Waals surface area contributed by atoms with E-state index < -0.39 is 12.0 Å². The van der Waals surface area contributed by atoms with Crippen LogP contribution in [0.2, 0.25) is 0 Å². The number of rotatable bonds is 13. The highest BCUT2D eigenvalue weighted by Gasteiger charge is 2.35. The number of primary amides is 1. The Bertz CT molecular complexity index is 1440. The molecule has 5 rings (SSSR count). The van der Waals surface area contributed by atoms with Crippen molar-refractivity contribution in [3.63, 3.8) is 0 Å². The molecule has 7 nitrogen and oxygen atoms in total. The first kappa shape index (κ1) is 30.8. The van der Waals surface area contributed by atoms with Gasteiger partial charge in [-0.05, 0) is 60.6 Å². The normalized spacial score (nSPS) is 16.6. The lowest BCUT2D eigenvalue weighted by Gasteiger charge is -2.43. The predicted molar refractivity (Wildman–Crippen MR) is 173 cm³/mol. The molecule has 2 amide bonds. The van der Waals surface area contributed by atoms with Crippen LogP contribution in [0.1, 0.15) is 52.2 Å². The van der Waals surface area contributed by atoms with E-state index in [2.05, 4.69) is 65.6 Å². The molecule has 0 aliphatic carbocycles. The maximum atomic E-state index is 12.3. The first-order valence-electron chi connectivity index (χ1n) is 15.4. The highest BCUT2D eigenvalue weighted by molar-refractivity contribution is 5.93. The van der Waals surface area contributed by atoms with Gasteiger partial charge in [-0.1, -0.05) is 97.1 Å². The topological polar surface area (TPSA) is 96.1 Å². The van der Waals surface area contributed by atoms with E-state index in [-0.39, 0.29) is 18.0 Å². The Hall–Kier alpha value is -4.62. The number of nitrogens with zero attached hydrogens (tertiary/aromatic N) is 2. The van der Waals surface area contributed by atoms with E-state index in [0.29, 0.717) is 30.9 Å². The van der Waals surface area contributed by atoms with Crippen molar-refractivity contribution in [2.24, 2.45) is 5.73 Å². The van der Waals surface area contributed by atoms with Crippen LogP contribution in [0.5, 0.6) is 5.75 Å². The number of carbonyl (C=O) groups is 2. The van der Waals surface area contributed by atoms with Crippen LogP contribution in [-0.4, -0.2) is 65.2 Å². The van der Waals surface area contributed by atoms with Crippen molar-refractivity contribution < 1.29 is 19.4 Å². The van der Waals surface area contributed by atoms with Crippen LogP contribution in [0.3, 0.4) is 0 Å². The minimum atomic E-state index is -0.853. The third-order valence-electron chi connectivity index (χ3n) is 8.56. The van der Waals surface area contributed by atoms with Crippen molar-refractivity contribution in [1.29, 1.82) is 0 Å². The number of benzene rings is 4. The number of carbonyl (C=O) groups excluding carboxylic acids is 1. The number of amides is 2. The first-order chi connectivity index (χ1) is 21.5. The minimum absolute atomic E-state index is 0.101. The van der Waals surface area contributed by atoms with Crippen LogP contribution in [0, 0.1) is 0 Å². The van der Waals surface area contributed by atoms with Gasteiger partial charge in [-0.15, -0.1) is 0 Å². The molecule has 7 heteroatoms. The highest BCUT2D eigenvalue weighted by Crippen LogP contribution is 2.31. The fraction of sp³-hybridized carbons (Fsp3) is 0.297. The molecule has 3 N–H and O–H groups in total. The fourth-order valence-electron chi connectivity index (χ4n) is 6.32. The van der Waals surface area contributed by atoms with Gasteiger partial charge >= 0.3 is 6.09 Å². The van der Waals surface area contributed by atoms with E-state index in [1.807, 2.05) is 36.4 Å². The van der Waals surface area contributed by atoms with Crippen LogP contribution in [0.4, 0.5) is 4.79 Å². The van der Waals surface area contributed by atoms with Crippen LogP contribution in [-0.2, 0) is 6.42 Å². The first-order valence-corrected chi connectivity index (χ1v) is 15.4. The standard InChI is InChI=1S/C37H41N3O4/c38-36(41)31-18-10-19-34(25-31)44-23-11-21-39(27-35(29-14-6-2-7-15-29)30-16-8-3-9-17-30)32-20-22-40(37(42)43)33(26-32)24-28-12-4-1-5-13-28/h1-10,12-19,25,32-33,35H,11,20-24,26-27H2,(H2,38,41)(H,42,43). The molecule has 44 heavy (non-hydrogen) atoms. The molecule has 0 bridgehead atoms. The monoisotopic (exact) mass is 591 g/mol. The largest absolute Gasteiger partial charge is 0.494 e. The quantitative estimate of drug-likeness (QED) is 0.174. The summed E-state index contributed by atoms with van der Waals surface area (Å²) < 4.78 is 6.04. The minimum Gasteiger partial charge on any atom is -0.494 e. The second kappa shape index (κ2) is 15.2. The molecule has 1 aliphatic heterocycles. The highest BCUT2D eigenvalue weighted by atomic mass is 16.5. The molecule has 0 spiro atoms. The summed E-state index contributed by atoms with van der Waals surface area (Å²) in [5.74, 6) is 0.305. The number of piperidine rings is 1. The molecule has 0 radical (unpaired) electrons. The third-order valence-corrected chi connectivity index (χ3v) is 8.56. The van der Waals surface area contributed by atoms with E-state index >= 15 is 0 Å². The molecule has 2 unspecified atom stereocenters. The van der Waals surface area contributed by atoms with E-state index in [9.17, 15) is 14.7 Å². The Morgan fingerprint density at radius 2 is 1.52 bits per heavy atom. The Balaban J connectivity index is 1.36. The lowest BCUT2D eigenvalue weighted by atomic mass is 9.87. The average Bonchev–Trinajstić information content (AvgIpc) is 3.05. The molecule has 2 atom stereocenters. The number of likely N-dealkylation sites (tertiary alicyclic amines) is 1. The summed E-state index contributed by atoms with van der Waals surface area (Å²) in [6.07, 6.45) is 2.15. The molecule has 1 aliphatic rings. The van der Waals surface area contributed by atoms with Crippen LogP contribution >= 0.6 is 0 Å². The SMILES string of the molecule is NC(=O)c1cccc(OCCCN(CC(c2ccccc2)c2ccccc2)C2CCN(C(=O)O)C(Cc3ccccc3)C2)c1. The van der Waals surface area contributed by atoms with Gasteiger partial charge in [0.05, 0.1) is 6.61 Å². The predicted octanol–water partition coefficient (Wildman–Crippen LogP) is 6.44. The van der Waals surface area contributed by atoms with E-state index in [0.717, 1.165) is 37.9 Å². The number of nitrogens with two attached hydrogens (primary N) is 1. The van der Waals surface area contributed by atoms with Gasteiger partial charge in [0, 0.05) is 43.2 Å². The molecule has 4 aromatic carbocycles. The van der Waals surface area contributed by atoms with Crippen molar-refractivity contribution in [3.8, 4) is 5.75 Å². The molecular formula is C37H41N3O4. The van der Waals surface area contributed by atoms with Crippen molar-refractivity contribution in [2.45, 2.75) is 43.7 Å². The number of hydrogen-bond donors (Lipinski definition) is 2. The molecule has 228 valence electrons. The van der Waals surface area contributed by atoms with Gasteiger partial charge in [0.1, 0.15) is 5.75 Å². The van der Waals surface area contributed by atoms with Gasteiger partial charge < -0.3 is 20.5 Å². The number of ether oxygens (including phenoxy) is 1. The summed E-state index contributed by atoms with van der Waals surface area (Å²) in [6, 6.07) is 38.4. The summed E-state index contributed by atoms with van der Waals surface area (Å²) >= 11 is 0. The molecular weight excluding hydrogens is 550 g/mol. The van der Waals surface area contributed by atoms with Crippen molar-refractivity contribution in [2.75, 3.05) is 26.2 Å². The third kappa shape index (κ3) is 8.26. The Morgan fingerprint density at radius 3 is 2.14 bits per heavy atom. The number of carboxylic acid groups (broad SMARTS) is 1. The zero-order valence-electron chi connectivity index (χ0n) is 25.0. The van der Waals surface area contributed by atoms with Crippen molar-refractivity contribution in [3.05, 3.63) is 138 Å². The van der Waals surface area contributed by atoms with Gasteiger partial charge in [-0.25, -0.2) is 4.79 Å². The van der Waals surface area contributed by atoms with E-state index in [4.69, 9.17) is 10.5 Å². The second-order valence-corrected chi connectivity index (χ2v) is 11.5. The van der Waals surface area contributed by atoms with Crippen molar-refractivity contribution in [1.82, 2.24) is 9.80 Å². The van der Waals surface area contributed by atoms with Crippen molar-refractivity contribution >= 4 is 12.0 Å². The van der Waals surface area contributed by atoms with Crippen LogP contribution in [0.25, 0.3) is 0 Å². The zero-order chi connectivity index (χ0) is 30.7. The van der Waals surface area contributed by atoms with Gasteiger partial charge in [0.25, 0.3) is 0 Å². The molecule has 1 fully saturated rings. The van der Waals surface area contributed by atoms with Crippen LogP contribution < -0.4 is 10.5 Å². The van der Waals surface area contributed by atoms with Gasteiger partial charge in [-0.3, -0.25) is 9.69 Å². The number of hydrogen-bond acceptors (Lipinski definition) is 4. The van der Waals surface area contributed by atoms with Gasteiger partial charge in [-0.2, -0.15) is 0 Å². The summed E-state index contributed by atoms with van der Waals surface area (Å²) in [7, 11) is 0. The Kier molecular flexibility index (Phi) is 10.7. The summed E-state index contributed by atoms with van der Waals surface area (Å²) in [5.41, 5.74) is 9.53. The van der Waals surface area contributed by atoms with Crippen LogP contribution in [0.15, 0.2) is 115 Å². The maximum Gasteiger partial charge on any atom is 0.407 e. The smallest absolute Gasteiger partial charge is 0.407 e. The molecule has 0 saturated carbocycles. The van der Waals surface area contributed by atoms with E-state index in [1.165, 1.54) is 11.1 Å². The molecule has 1 heterocycles. The second-order valence-electron chi connectivity index (χ2n) is 11.5. The molecule has 0 aromatic heterocycles.